The minimum absolute atomic E-state index is 0.256. The monoisotopic (exact) mass is 273 g/mol. The van der Waals surface area contributed by atoms with Gasteiger partial charge in [0, 0.05) is 19.5 Å². The predicted octanol–water partition coefficient (Wildman–Crippen LogP) is 2.51. The summed E-state index contributed by atoms with van der Waals surface area (Å²) < 4.78 is 2.18. The average Bonchev–Trinajstić information content (AvgIpc) is 2.75. The molecule has 4 nitrogen and oxygen atoms in total. The maximum atomic E-state index is 12.1. The number of Topliss-reactive ketones (excluding diaryl/α,β-unsaturated/α-hetero) is 1. The highest BCUT2D eigenvalue weighted by Gasteiger charge is 2.13. The lowest BCUT2D eigenvalue weighted by atomic mass is 10.2. The largest absolute Gasteiger partial charge is 0.328 e. The fraction of sp³-hybridized carbons (Fsp3) is 0.500. The number of hydrogen-bond acceptors (Lipinski definition) is 3. The van der Waals surface area contributed by atoms with E-state index in [0.717, 1.165) is 36.4 Å². The van der Waals surface area contributed by atoms with Crippen LogP contribution in [0.25, 0.3) is 11.0 Å². The average molecular weight is 273 g/mol. The molecule has 0 aliphatic carbocycles. The lowest BCUT2D eigenvalue weighted by Crippen LogP contribution is -2.18. The lowest BCUT2D eigenvalue weighted by molar-refractivity contribution is -0.118. The number of hydrogen-bond donors (Lipinski definition) is 0. The Kier molecular flexibility index (Phi) is 4.90. The first-order valence-electron chi connectivity index (χ1n) is 7.22. The second kappa shape index (κ2) is 6.66. The molecule has 0 bridgehead atoms. The maximum absolute atomic E-state index is 12.1. The Hall–Kier alpha value is -1.68. The maximum Gasteiger partial charge on any atom is 0.141 e. The van der Waals surface area contributed by atoms with Crippen LogP contribution in [0.5, 0.6) is 0 Å². The van der Waals surface area contributed by atoms with Crippen LogP contribution >= 0.6 is 0 Å². The van der Waals surface area contributed by atoms with Gasteiger partial charge in [0.25, 0.3) is 0 Å². The van der Waals surface area contributed by atoms with Crippen molar-refractivity contribution < 1.29 is 4.79 Å². The number of rotatable bonds is 7. The van der Waals surface area contributed by atoms with E-state index in [1.807, 2.05) is 37.2 Å². The standard InChI is InChI=1S/C16H23N3O/c1-4-10-19-15-8-6-5-7-14(15)17-16(19)12-13(20)9-11-18(2)3/h5-8H,4,9-12H2,1-3H3. The first kappa shape index (κ1) is 14.7. The van der Waals surface area contributed by atoms with Gasteiger partial charge in [-0.15, -0.1) is 0 Å². The highest BCUT2D eigenvalue weighted by atomic mass is 16.1. The quantitative estimate of drug-likeness (QED) is 0.778. The van der Waals surface area contributed by atoms with Crippen LogP contribution in [-0.2, 0) is 17.8 Å². The first-order chi connectivity index (χ1) is 9.61. The molecule has 0 unspecified atom stereocenters. The van der Waals surface area contributed by atoms with E-state index in [-0.39, 0.29) is 5.78 Å². The van der Waals surface area contributed by atoms with E-state index in [1.54, 1.807) is 0 Å². The van der Waals surface area contributed by atoms with Gasteiger partial charge < -0.3 is 9.47 Å². The van der Waals surface area contributed by atoms with Crippen molar-refractivity contribution in [2.24, 2.45) is 0 Å². The first-order valence-corrected chi connectivity index (χ1v) is 7.22. The third-order valence-corrected chi connectivity index (χ3v) is 3.37. The summed E-state index contributed by atoms with van der Waals surface area (Å²) in [5.74, 6) is 1.16. The van der Waals surface area contributed by atoms with E-state index >= 15 is 0 Å². The Morgan fingerprint density at radius 1 is 1.30 bits per heavy atom. The molecule has 0 saturated heterocycles. The van der Waals surface area contributed by atoms with E-state index in [2.05, 4.69) is 22.5 Å². The summed E-state index contributed by atoms with van der Waals surface area (Å²) in [6, 6.07) is 8.10. The van der Waals surface area contributed by atoms with Gasteiger partial charge in [-0.2, -0.15) is 0 Å². The van der Waals surface area contributed by atoms with Crippen molar-refractivity contribution in [3.8, 4) is 0 Å². The molecule has 2 rings (SSSR count). The van der Waals surface area contributed by atoms with Gasteiger partial charge in [0.05, 0.1) is 17.5 Å². The molecule has 4 heteroatoms. The summed E-state index contributed by atoms with van der Waals surface area (Å²) in [6.07, 6.45) is 2.06. The Morgan fingerprint density at radius 3 is 2.75 bits per heavy atom. The Morgan fingerprint density at radius 2 is 2.05 bits per heavy atom. The van der Waals surface area contributed by atoms with E-state index in [9.17, 15) is 4.79 Å². The van der Waals surface area contributed by atoms with Crippen molar-refractivity contribution >= 4 is 16.8 Å². The van der Waals surface area contributed by atoms with Crippen LogP contribution in [0.2, 0.25) is 0 Å². The molecule has 0 fully saturated rings. The van der Waals surface area contributed by atoms with Gasteiger partial charge in [-0.25, -0.2) is 4.98 Å². The second-order valence-electron chi connectivity index (χ2n) is 5.44. The Balaban J connectivity index is 2.20. The zero-order valence-corrected chi connectivity index (χ0v) is 12.6. The molecule has 1 aromatic heterocycles. The van der Waals surface area contributed by atoms with Gasteiger partial charge >= 0.3 is 0 Å². The molecule has 0 radical (unpaired) electrons. The topological polar surface area (TPSA) is 38.1 Å². The van der Waals surface area contributed by atoms with Gasteiger partial charge in [0.2, 0.25) is 0 Å². The number of para-hydroxylation sites is 2. The molecule has 2 aromatic rings. The fourth-order valence-electron chi connectivity index (χ4n) is 2.35. The highest BCUT2D eigenvalue weighted by Crippen LogP contribution is 2.17. The minimum Gasteiger partial charge on any atom is -0.328 e. The Bertz CT molecular complexity index is 586. The molecule has 1 aromatic carbocycles. The summed E-state index contributed by atoms with van der Waals surface area (Å²) >= 11 is 0. The van der Waals surface area contributed by atoms with E-state index in [0.29, 0.717) is 12.8 Å². The molecular formula is C16H23N3O. The molecule has 0 saturated carbocycles. The van der Waals surface area contributed by atoms with Gasteiger partial charge in [-0.3, -0.25) is 4.79 Å². The number of nitrogens with zero attached hydrogens (tertiary/aromatic N) is 3. The summed E-state index contributed by atoms with van der Waals surface area (Å²) in [5, 5.41) is 0. The smallest absolute Gasteiger partial charge is 0.141 e. The number of aryl methyl sites for hydroxylation is 1. The number of benzene rings is 1. The van der Waals surface area contributed by atoms with Crippen molar-refractivity contribution in [1.82, 2.24) is 14.5 Å². The SMILES string of the molecule is CCCn1c(CC(=O)CCN(C)C)nc2ccccc21. The van der Waals surface area contributed by atoms with Crippen molar-refractivity contribution in [3.63, 3.8) is 0 Å². The number of aromatic nitrogens is 2. The van der Waals surface area contributed by atoms with Crippen LogP contribution in [0, 0.1) is 0 Å². The van der Waals surface area contributed by atoms with Crippen LogP contribution in [0.4, 0.5) is 0 Å². The number of imidazole rings is 1. The van der Waals surface area contributed by atoms with Gasteiger partial charge in [-0.05, 0) is 32.6 Å². The molecule has 0 aliphatic heterocycles. The van der Waals surface area contributed by atoms with Gasteiger partial charge in [0.1, 0.15) is 11.6 Å². The van der Waals surface area contributed by atoms with Gasteiger partial charge in [0.15, 0.2) is 0 Å². The van der Waals surface area contributed by atoms with E-state index < -0.39 is 0 Å². The Labute approximate surface area is 120 Å². The summed E-state index contributed by atoms with van der Waals surface area (Å²) in [4.78, 5) is 18.7. The molecule has 20 heavy (non-hydrogen) atoms. The van der Waals surface area contributed by atoms with Crippen molar-refractivity contribution in [2.75, 3.05) is 20.6 Å². The van der Waals surface area contributed by atoms with Crippen molar-refractivity contribution in [3.05, 3.63) is 30.1 Å². The minimum atomic E-state index is 0.256. The van der Waals surface area contributed by atoms with E-state index in [4.69, 9.17) is 0 Å². The molecular weight excluding hydrogens is 250 g/mol. The summed E-state index contributed by atoms with van der Waals surface area (Å²) in [7, 11) is 3.97. The normalized spacial score (nSPS) is 11.4. The van der Waals surface area contributed by atoms with Crippen LogP contribution < -0.4 is 0 Å². The molecule has 0 amide bonds. The zero-order valence-electron chi connectivity index (χ0n) is 12.6. The number of ketones is 1. The lowest BCUT2D eigenvalue weighted by Gasteiger charge is -2.09. The third-order valence-electron chi connectivity index (χ3n) is 3.37. The molecule has 0 aliphatic rings. The zero-order chi connectivity index (χ0) is 14.5. The second-order valence-corrected chi connectivity index (χ2v) is 5.44. The molecule has 108 valence electrons. The number of carbonyl (C=O) groups excluding carboxylic acids is 1. The van der Waals surface area contributed by atoms with Crippen molar-refractivity contribution in [2.45, 2.75) is 32.7 Å². The van der Waals surface area contributed by atoms with Crippen LogP contribution in [0.15, 0.2) is 24.3 Å². The summed E-state index contributed by atoms with van der Waals surface area (Å²) in [5.41, 5.74) is 2.11. The van der Waals surface area contributed by atoms with Crippen LogP contribution in [-0.4, -0.2) is 40.9 Å². The highest BCUT2D eigenvalue weighted by molar-refractivity contribution is 5.82. The molecule has 0 spiro atoms. The third kappa shape index (κ3) is 3.45. The molecule has 0 atom stereocenters. The van der Waals surface area contributed by atoms with Crippen LogP contribution in [0.3, 0.4) is 0 Å². The van der Waals surface area contributed by atoms with Crippen LogP contribution in [0.1, 0.15) is 25.6 Å². The number of fused-ring (bicyclic) bond motifs is 1. The van der Waals surface area contributed by atoms with Crippen molar-refractivity contribution in [1.29, 1.82) is 0 Å². The molecule has 0 N–H and O–H groups in total. The summed E-state index contributed by atoms with van der Waals surface area (Å²) in [6.45, 7) is 3.86. The number of carbonyl (C=O) groups is 1. The predicted molar refractivity (Wildman–Crippen MR) is 81.9 cm³/mol. The van der Waals surface area contributed by atoms with E-state index in [1.165, 1.54) is 0 Å². The molecule has 1 heterocycles. The fourth-order valence-corrected chi connectivity index (χ4v) is 2.35. The van der Waals surface area contributed by atoms with Gasteiger partial charge in [-0.1, -0.05) is 19.1 Å².